The Bertz CT molecular complexity index is 768. The minimum absolute atomic E-state index is 0.0389. The van der Waals surface area contributed by atoms with E-state index in [-0.39, 0.29) is 29.6 Å². The van der Waals surface area contributed by atoms with Crippen LogP contribution in [0, 0.1) is 11.8 Å². The zero-order valence-electron chi connectivity index (χ0n) is 16.8. The molecule has 2 unspecified atom stereocenters. The molecule has 0 aliphatic carbocycles. The van der Waals surface area contributed by atoms with Crippen LogP contribution in [-0.4, -0.2) is 29.8 Å². The van der Waals surface area contributed by atoms with Crippen LogP contribution in [0.2, 0.25) is 0 Å². The summed E-state index contributed by atoms with van der Waals surface area (Å²) in [6.45, 7) is 5.57. The maximum Gasteiger partial charge on any atom is 0.230 e. The Balaban J connectivity index is 1.61. The maximum atomic E-state index is 13.3. The number of amides is 2. The molecule has 2 amide bonds. The van der Waals surface area contributed by atoms with Crippen LogP contribution in [0.4, 0.5) is 5.69 Å². The van der Waals surface area contributed by atoms with E-state index in [1.165, 1.54) is 0 Å². The van der Waals surface area contributed by atoms with Gasteiger partial charge in [0.2, 0.25) is 11.8 Å². The van der Waals surface area contributed by atoms with Crippen molar-refractivity contribution in [2.45, 2.75) is 39.0 Å². The van der Waals surface area contributed by atoms with Gasteiger partial charge >= 0.3 is 0 Å². The van der Waals surface area contributed by atoms with E-state index in [1.807, 2.05) is 53.4 Å². The lowest BCUT2D eigenvalue weighted by molar-refractivity contribution is -0.137. The topological polar surface area (TPSA) is 49.4 Å². The molecule has 1 saturated heterocycles. The number of para-hydroxylation sites is 1. The Morgan fingerprint density at radius 1 is 1.00 bits per heavy atom. The molecule has 2 aromatic rings. The van der Waals surface area contributed by atoms with E-state index in [2.05, 4.69) is 31.3 Å². The molecule has 0 radical (unpaired) electrons. The van der Waals surface area contributed by atoms with E-state index in [0.717, 1.165) is 17.7 Å². The van der Waals surface area contributed by atoms with Crippen LogP contribution in [0.3, 0.4) is 0 Å². The molecule has 4 nitrogen and oxygen atoms in total. The normalized spacial score (nSPS) is 17.0. The Morgan fingerprint density at radius 2 is 1.57 bits per heavy atom. The summed E-state index contributed by atoms with van der Waals surface area (Å²) < 4.78 is 0. The third-order valence-electron chi connectivity index (χ3n) is 5.86. The number of anilines is 1. The maximum absolute atomic E-state index is 13.3. The summed E-state index contributed by atoms with van der Waals surface area (Å²) in [7, 11) is 0. The van der Waals surface area contributed by atoms with E-state index >= 15 is 0 Å². The Morgan fingerprint density at radius 3 is 2.14 bits per heavy atom. The molecule has 1 N–H and O–H groups in total. The van der Waals surface area contributed by atoms with Crippen molar-refractivity contribution < 1.29 is 9.59 Å². The fraction of sp³-hybridized carbons (Fsp3) is 0.417. The molecule has 1 aliphatic heterocycles. The predicted octanol–water partition coefficient (Wildman–Crippen LogP) is 4.69. The van der Waals surface area contributed by atoms with E-state index in [4.69, 9.17) is 0 Å². The van der Waals surface area contributed by atoms with Crippen molar-refractivity contribution in [1.29, 1.82) is 0 Å². The first-order valence-electron chi connectivity index (χ1n) is 10.3. The van der Waals surface area contributed by atoms with Crippen molar-refractivity contribution in [2.24, 2.45) is 11.8 Å². The molecule has 1 heterocycles. The first-order chi connectivity index (χ1) is 13.6. The number of nitrogens with one attached hydrogen (secondary N) is 1. The quantitative estimate of drug-likeness (QED) is 0.792. The third-order valence-corrected chi connectivity index (χ3v) is 5.86. The second kappa shape index (κ2) is 9.54. The number of carbonyl (C=O) groups is 2. The highest BCUT2D eigenvalue weighted by atomic mass is 16.2. The predicted molar refractivity (Wildman–Crippen MR) is 113 cm³/mol. The lowest BCUT2D eigenvalue weighted by Crippen LogP contribution is -2.44. The summed E-state index contributed by atoms with van der Waals surface area (Å²) in [5.74, 6) is 0.389. The molecular formula is C24H30N2O2. The van der Waals surface area contributed by atoms with Crippen molar-refractivity contribution in [2.75, 3.05) is 18.4 Å². The summed E-state index contributed by atoms with van der Waals surface area (Å²) >= 11 is 0. The molecule has 0 saturated carbocycles. The van der Waals surface area contributed by atoms with Crippen molar-refractivity contribution in [3.05, 3.63) is 66.2 Å². The molecule has 1 fully saturated rings. The van der Waals surface area contributed by atoms with Gasteiger partial charge in [0, 0.05) is 24.7 Å². The monoisotopic (exact) mass is 378 g/mol. The van der Waals surface area contributed by atoms with Gasteiger partial charge in [-0.05, 0) is 36.5 Å². The van der Waals surface area contributed by atoms with Crippen molar-refractivity contribution in [3.8, 4) is 0 Å². The Hall–Kier alpha value is -2.62. The van der Waals surface area contributed by atoms with Gasteiger partial charge in [0.25, 0.3) is 0 Å². The number of carbonyl (C=O) groups excluding carboxylic acids is 2. The SMILES string of the molecule is CCC(C)C(C(=O)N1CCC(C(=O)Nc2ccccc2)CC1)c1ccccc1. The largest absolute Gasteiger partial charge is 0.342 e. The number of nitrogens with zero attached hydrogens (tertiary/aromatic N) is 1. The lowest BCUT2D eigenvalue weighted by atomic mass is 9.83. The summed E-state index contributed by atoms with van der Waals surface area (Å²) in [5.41, 5.74) is 1.91. The highest BCUT2D eigenvalue weighted by Crippen LogP contribution is 2.31. The summed E-state index contributed by atoms with van der Waals surface area (Å²) in [6, 6.07) is 19.6. The third kappa shape index (κ3) is 4.80. The molecular weight excluding hydrogens is 348 g/mol. The van der Waals surface area contributed by atoms with Crippen LogP contribution in [-0.2, 0) is 9.59 Å². The molecule has 1 aliphatic rings. The van der Waals surface area contributed by atoms with Gasteiger partial charge in [-0.3, -0.25) is 9.59 Å². The molecule has 3 rings (SSSR count). The van der Waals surface area contributed by atoms with Crippen LogP contribution in [0.25, 0.3) is 0 Å². The van der Waals surface area contributed by atoms with Gasteiger partial charge in [-0.15, -0.1) is 0 Å². The average molecular weight is 379 g/mol. The highest BCUT2D eigenvalue weighted by Gasteiger charge is 2.33. The first kappa shape index (κ1) is 20.1. The van der Waals surface area contributed by atoms with E-state index in [9.17, 15) is 9.59 Å². The van der Waals surface area contributed by atoms with Gasteiger partial charge in [-0.2, -0.15) is 0 Å². The van der Waals surface area contributed by atoms with Crippen molar-refractivity contribution in [3.63, 3.8) is 0 Å². The lowest BCUT2D eigenvalue weighted by Gasteiger charge is -2.35. The second-order valence-corrected chi connectivity index (χ2v) is 7.73. The average Bonchev–Trinajstić information content (AvgIpc) is 2.75. The molecule has 28 heavy (non-hydrogen) atoms. The van der Waals surface area contributed by atoms with E-state index in [0.29, 0.717) is 25.9 Å². The van der Waals surface area contributed by atoms with Crippen LogP contribution < -0.4 is 5.32 Å². The number of piperidine rings is 1. The molecule has 2 aromatic carbocycles. The van der Waals surface area contributed by atoms with Crippen LogP contribution >= 0.6 is 0 Å². The van der Waals surface area contributed by atoms with Gasteiger partial charge in [0.1, 0.15) is 0 Å². The first-order valence-corrected chi connectivity index (χ1v) is 10.3. The molecule has 0 bridgehead atoms. The van der Waals surface area contributed by atoms with Crippen LogP contribution in [0.1, 0.15) is 44.6 Å². The van der Waals surface area contributed by atoms with Gasteiger partial charge in [-0.1, -0.05) is 68.8 Å². The van der Waals surface area contributed by atoms with Crippen molar-refractivity contribution >= 4 is 17.5 Å². The fourth-order valence-electron chi connectivity index (χ4n) is 3.94. The number of likely N-dealkylation sites (tertiary alicyclic amines) is 1. The van der Waals surface area contributed by atoms with E-state index in [1.54, 1.807) is 0 Å². The molecule has 4 heteroatoms. The van der Waals surface area contributed by atoms with Gasteiger partial charge in [-0.25, -0.2) is 0 Å². The fourth-order valence-corrected chi connectivity index (χ4v) is 3.94. The standard InChI is InChI=1S/C24H30N2O2/c1-3-18(2)22(19-10-6-4-7-11-19)24(28)26-16-14-20(15-17-26)23(27)25-21-12-8-5-9-13-21/h4-13,18,20,22H,3,14-17H2,1-2H3,(H,25,27). The molecule has 2 atom stereocenters. The van der Waals surface area contributed by atoms with Gasteiger partial charge in [0.05, 0.1) is 5.92 Å². The smallest absolute Gasteiger partial charge is 0.230 e. The number of hydrogen-bond donors (Lipinski definition) is 1. The van der Waals surface area contributed by atoms with Gasteiger partial charge < -0.3 is 10.2 Å². The number of rotatable bonds is 6. The summed E-state index contributed by atoms with van der Waals surface area (Å²) in [5, 5.41) is 2.99. The molecule has 148 valence electrons. The van der Waals surface area contributed by atoms with E-state index < -0.39 is 0 Å². The molecule has 0 spiro atoms. The summed E-state index contributed by atoms with van der Waals surface area (Å²) in [6.07, 6.45) is 2.39. The number of hydrogen-bond acceptors (Lipinski definition) is 2. The van der Waals surface area contributed by atoms with Crippen LogP contribution in [0.5, 0.6) is 0 Å². The summed E-state index contributed by atoms with van der Waals surface area (Å²) in [4.78, 5) is 27.8. The number of benzene rings is 2. The Labute approximate surface area is 167 Å². The molecule has 0 aromatic heterocycles. The van der Waals surface area contributed by atoms with Gasteiger partial charge in [0.15, 0.2) is 0 Å². The Kier molecular flexibility index (Phi) is 6.85. The zero-order valence-corrected chi connectivity index (χ0v) is 16.8. The minimum atomic E-state index is -0.110. The van der Waals surface area contributed by atoms with Crippen molar-refractivity contribution in [1.82, 2.24) is 4.90 Å². The van der Waals surface area contributed by atoms with Crippen LogP contribution in [0.15, 0.2) is 60.7 Å². The minimum Gasteiger partial charge on any atom is -0.342 e. The second-order valence-electron chi connectivity index (χ2n) is 7.73. The highest BCUT2D eigenvalue weighted by molar-refractivity contribution is 5.92. The zero-order chi connectivity index (χ0) is 19.9.